The zero-order valence-corrected chi connectivity index (χ0v) is 9.76. The van der Waals surface area contributed by atoms with Crippen LogP contribution in [0.2, 0.25) is 0 Å². The molecular weight excluding hydrogens is 224 g/mol. The minimum absolute atomic E-state index is 0.00838. The number of pyridine rings is 1. The largest absolute Gasteiger partial charge is 0.399 e. The molecule has 0 fully saturated rings. The second-order valence-corrected chi connectivity index (χ2v) is 4.27. The number of benzene rings is 1. The van der Waals surface area contributed by atoms with E-state index in [1.54, 1.807) is 30.5 Å². The van der Waals surface area contributed by atoms with E-state index in [0.717, 1.165) is 23.3 Å². The monoisotopic (exact) mass is 236 g/mol. The van der Waals surface area contributed by atoms with Gasteiger partial charge in [0.2, 0.25) is 0 Å². The number of nitrogens with zero attached hydrogens (tertiary/aromatic N) is 1. The van der Waals surface area contributed by atoms with Gasteiger partial charge in [-0.1, -0.05) is 24.3 Å². The summed E-state index contributed by atoms with van der Waals surface area (Å²) in [7, 11) is 0. The Morgan fingerprint density at radius 1 is 1.22 bits per heavy atom. The summed E-state index contributed by atoms with van der Waals surface area (Å²) >= 11 is 0. The van der Waals surface area contributed by atoms with Gasteiger partial charge in [-0.2, -0.15) is 0 Å². The number of ketones is 1. The molecule has 0 bridgehead atoms. The summed E-state index contributed by atoms with van der Waals surface area (Å²) in [4.78, 5) is 16.7. The van der Waals surface area contributed by atoms with Crippen molar-refractivity contribution in [3.63, 3.8) is 0 Å². The number of anilines is 1. The SMILES string of the molecule is Nc1cccc(C(=O)C2=CCc3ncccc32)c1. The number of hydrogen-bond acceptors (Lipinski definition) is 3. The maximum atomic E-state index is 12.4. The van der Waals surface area contributed by atoms with Gasteiger partial charge in [-0.15, -0.1) is 0 Å². The normalized spacial score (nSPS) is 13.0. The second-order valence-electron chi connectivity index (χ2n) is 4.27. The van der Waals surface area contributed by atoms with Crippen molar-refractivity contribution in [2.24, 2.45) is 0 Å². The third-order valence-corrected chi connectivity index (χ3v) is 3.07. The van der Waals surface area contributed by atoms with Gasteiger partial charge in [0.25, 0.3) is 0 Å². The van der Waals surface area contributed by atoms with E-state index in [1.165, 1.54) is 0 Å². The number of carbonyl (C=O) groups is 1. The van der Waals surface area contributed by atoms with Crippen molar-refractivity contribution < 1.29 is 4.79 Å². The summed E-state index contributed by atoms with van der Waals surface area (Å²) in [5.41, 5.74) is 9.55. The molecule has 2 N–H and O–H groups in total. The van der Waals surface area contributed by atoms with Gasteiger partial charge < -0.3 is 5.73 Å². The van der Waals surface area contributed by atoms with E-state index in [2.05, 4.69) is 4.98 Å². The Balaban J connectivity index is 2.01. The van der Waals surface area contributed by atoms with Gasteiger partial charge in [-0.25, -0.2) is 0 Å². The van der Waals surface area contributed by atoms with Crippen LogP contribution in [0.25, 0.3) is 5.57 Å². The summed E-state index contributed by atoms with van der Waals surface area (Å²) in [6, 6.07) is 10.8. The number of fused-ring (bicyclic) bond motifs is 1. The van der Waals surface area contributed by atoms with Crippen LogP contribution in [0.5, 0.6) is 0 Å². The van der Waals surface area contributed by atoms with Gasteiger partial charge in [-0.05, 0) is 18.2 Å². The first-order valence-corrected chi connectivity index (χ1v) is 5.80. The van der Waals surface area contributed by atoms with Gasteiger partial charge >= 0.3 is 0 Å². The molecule has 2 aromatic rings. The molecule has 1 aliphatic carbocycles. The third-order valence-electron chi connectivity index (χ3n) is 3.07. The first-order valence-electron chi connectivity index (χ1n) is 5.80. The van der Waals surface area contributed by atoms with E-state index in [-0.39, 0.29) is 5.78 Å². The highest BCUT2D eigenvalue weighted by atomic mass is 16.1. The van der Waals surface area contributed by atoms with Crippen LogP contribution in [-0.2, 0) is 6.42 Å². The predicted octanol–water partition coefficient (Wildman–Crippen LogP) is 2.49. The Hall–Kier alpha value is -2.42. The summed E-state index contributed by atoms with van der Waals surface area (Å²) in [5.74, 6) is 0.00838. The first-order chi connectivity index (χ1) is 8.75. The van der Waals surface area contributed by atoms with Crippen LogP contribution in [0, 0.1) is 0 Å². The average Bonchev–Trinajstić information content (AvgIpc) is 2.82. The molecule has 18 heavy (non-hydrogen) atoms. The minimum atomic E-state index is 0.00838. The lowest BCUT2D eigenvalue weighted by Crippen LogP contribution is -2.02. The lowest BCUT2D eigenvalue weighted by atomic mass is 9.99. The Morgan fingerprint density at radius 2 is 2.11 bits per heavy atom. The molecule has 0 radical (unpaired) electrons. The van der Waals surface area contributed by atoms with Gasteiger partial charge in [0.15, 0.2) is 5.78 Å². The highest BCUT2D eigenvalue weighted by Gasteiger charge is 2.21. The predicted molar refractivity (Wildman–Crippen MR) is 71.1 cm³/mol. The van der Waals surface area contributed by atoms with Crippen molar-refractivity contribution in [3.05, 3.63) is 65.5 Å². The smallest absolute Gasteiger partial charge is 0.193 e. The number of Topliss-reactive ketones (excluding diaryl/α,β-unsaturated/α-hetero) is 1. The van der Waals surface area contributed by atoms with Crippen molar-refractivity contribution in [1.82, 2.24) is 4.98 Å². The van der Waals surface area contributed by atoms with Crippen LogP contribution >= 0.6 is 0 Å². The number of allylic oxidation sites excluding steroid dienone is 2. The van der Waals surface area contributed by atoms with Crippen molar-refractivity contribution in [2.45, 2.75) is 6.42 Å². The highest BCUT2D eigenvalue weighted by molar-refractivity contribution is 6.29. The fraction of sp³-hybridized carbons (Fsp3) is 0.0667. The Kier molecular flexibility index (Phi) is 2.45. The molecule has 0 atom stereocenters. The number of hydrogen-bond donors (Lipinski definition) is 1. The number of nitrogen functional groups attached to an aromatic ring is 1. The van der Waals surface area contributed by atoms with E-state index in [1.807, 2.05) is 18.2 Å². The Labute approximate surface area is 105 Å². The fourth-order valence-electron chi connectivity index (χ4n) is 2.21. The molecule has 1 heterocycles. The van der Waals surface area contributed by atoms with Gasteiger partial charge in [0, 0.05) is 35.0 Å². The summed E-state index contributed by atoms with van der Waals surface area (Å²) in [6.07, 6.45) is 4.41. The molecule has 0 saturated heterocycles. The topological polar surface area (TPSA) is 56.0 Å². The van der Waals surface area contributed by atoms with Crippen LogP contribution in [0.1, 0.15) is 21.6 Å². The summed E-state index contributed by atoms with van der Waals surface area (Å²) in [6.45, 7) is 0. The molecule has 0 unspecified atom stereocenters. The highest BCUT2D eigenvalue weighted by Crippen LogP contribution is 2.28. The van der Waals surface area contributed by atoms with E-state index < -0.39 is 0 Å². The van der Waals surface area contributed by atoms with Crippen molar-refractivity contribution in [1.29, 1.82) is 0 Å². The zero-order chi connectivity index (χ0) is 12.5. The molecule has 1 aromatic carbocycles. The quantitative estimate of drug-likeness (QED) is 0.643. The van der Waals surface area contributed by atoms with Crippen LogP contribution in [0.3, 0.4) is 0 Å². The third kappa shape index (κ3) is 1.70. The molecule has 0 spiro atoms. The van der Waals surface area contributed by atoms with Crippen molar-refractivity contribution in [2.75, 3.05) is 5.73 Å². The molecule has 0 amide bonds. The van der Waals surface area contributed by atoms with Crippen molar-refractivity contribution in [3.8, 4) is 0 Å². The van der Waals surface area contributed by atoms with Crippen LogP contribution < -0.4 is 5.73 Å². The van der Waals surface area contributed by atoms with Gasteiger partial charge in [-0.3, -0.25) is 9.78 Å². The molecule has 1 aliphatic rings. The average molecular weight is 236 g/mol. The van der Waals surface area contributed by atoms with Gasteiger partial charge in [0.1, 0.15) is 0 Å². The molecule has 0 aliphatic heterocycles. The van der Waals surface area contributed by atoms with Crippen LogP contribution in [0.15, 0.2) is 48.7 Å². The molecule has 3 heteroatoms. The Bertz CT molecular complexity index is 659. The molecule has 88 valence electrons. The fourth-order valence-corrected chi connectivity index (χ4v) is 2.21. The van der Waals surface area contributed by atoms with Crippen molar-refractivity contribution >= 4 is 17.0 Å². The number of carbonyl (C=O) groups excluding carboxylic acids is 1. The lowest BCUT2D eigenvalue weighted by molar-refractivity contribution is 0.105. The molecular formula is C15H12N2O. The molecule has 3 nitrogen and oxygen atoms in total. The van der Waals surface area contributed by atoms with Crippen LogP contribution in [0.4, 0.5) is 5.69 Å². The number of nitrogens with two attached hydrogens (primary N) is 1. The standard InChI is InChI=1S/C15H12N2O/c16-11-4-1-3-10(9-11)15(18)13-6-7-14-12(13)5-2-8-17-14/h1-6,8-9H,7,16H2. The number of rotatable bonds is 2. The van der Waals surface area contributed by atoms with E-state index in [0.29, 0.717) is 11.3 Å². The molecule has 3 rings (SSSR count). The van der Waals surface area contributed by atoms with E-state index in [9.17, 15) is 4.79 Å². The molecule has 1 aromatic heterocycles. The van der Waals surface area contributed by atoms with Crippen LogP contribution in [-0.4, -0.2) is 10.8 Å². The summed E-state index contributed by atoms with van der Waals surface area (Å²) < 4.78 is 0. The summed E-state index contributed by atoms with van der Waals surface area (Å²) in [5, 5.41) is 0. The lowest BCUT2D eigenvalue weighted by Gasteiger charge is -2.05. The zero-order valence-electron chi connectivity index (χ0n) is 9.76. The van der Waals surface area contributed by atoms with E-state index >= 15 is 0 Å². The number of aromatic nitrogens is 1. The molecule has 0 saturated carbocycles. The Morgan fingerprint density at radius 3 is 2.94 bits per heavy atom. The first kappa shape index (κ1) is 10.7. The second kappa shape index (κ2) is 4.11. The maximum absolute atomic E-state index is 12.4. The minimum Gasteiger partial charge on any atom is -0.399 e. The maximum Gasteiger partial charge on any atom is 0.193 e. The van der Waals surface area contributed by atoms with Gasteiger partial charge in [0.05, 0.1) is 5.69 Å². The van der Waals surface area contributed by atoms with E-state index in [4.69, 9.17) is 5.73 Å².